The summed E-state index contributed by atoms with van der Waals surface area (Å²) >= 11 is 3.00. The summed E-state index contributed by atoms with van der Waals surface area (Å²) in [6, 6.07) is 2.17. The van der Waals surface area contributed by atoms with Crippen LogP contribution < -0.4 is 4.90 Å². The fourth-order valence-electron chi connectivity index (χ4n) is 2.43. The predicted molar refractivity (Wildman–Crippen MR) is 81.8 cm³/mol. The van der Waals surface area contributed by atoms with Crippen molar-refractivity contribution in [3.8, 4) is 0 Å². The van der Waals surface area contributed by atoms with Crippen molar-refractivity contribution in [1.29, 1.82) is 0 Å². The molecule has 0 amide bonds. The van der Waals surface area contributed by atoms with Gasteiger partial charge in [0.2, 0.25) is 0 Å². The van der Waals surface area contributed by atoms with E-state index in [4.69, 9.17) is 27.7 Å². The molecule has 0 unspecified atom stereocenters. The molecular weight excluding hydrogens is 378 g/mol. The first-order valence-corrected chi connectivity index (χ1v) is 7.83. The molecule has 0 fully saturated rings. The van der Waals surface area contributed by atoms with Crippen molar-refractivity contribution >= 4 is 5.88 Å². The van der Waals surface area contributed by atoms with Crippen molar-refractivity contribution in [3.63, 3.8) is 0 Å². The maximum absolute atomic E-state index is 7.50. The first-order chi connectivity index (χ1) is 12.8. The van der Waals surface area contributed by atoms with Crippen molar-refractivity contribution in [2.24, 2.45) is 0 Å². The second kappa shape index (κ2) is 25.4. The Kier molecular flexibility index (Phi) is 31.2. The van der Waals surface area contributed by atoms with Crippen LogP contribution in [0.5, 0.6) is 0 Å². The van der Waals surface area contributed by atoms with Crippen LogP contribution in [0.1, 0.15) is 37.8 Å². The van der Waals surface area contributed by atoms with E-state index in [1.165, 1.54) is 36.8 Å². The number of fused-ring (bicyclic) bond motifs is 1. The molecule has 26 heavy (non-hydrogen) atoms. The quantitative estimate of drug-likeness (QED) is 0.576. The zero-order valence-corrected chi connectivity index (χ0v) is 15.9. The number of anilines is 1. The molecule has 0 aromatic carbocycles. The molecule has 1 aromatic rings. The van der Waals surface area contributed by atoms with Gasteiger partial charge in [0.25, 0.3) is 0 Å². The summed E-state index contributed by atoms with van der Waals surface area (Å²) in [5.74, 6) is 1.09. The second-order valence-corrected chi connectivity index (χ2v) is 4.88. The van der Waals surface area contributed by atoms with Gasteiger partial charge in [-0.25, -0.2) is 0 Å². The zero-order valence-electron chi connectivity index (χ0n) is 14.6. The van der Waals surface area contributed by atoms with Crippen LogP contribution >= 0.6 is 0 Å². The van der Waals surface area contributed by atoms with Crippen molar-refractivity contribution < 1.29 is 43.5 Å². The first-order valence-electron chi connectivity index (χ1n) is 7.19. The Morgan fingerprint density at radius 1 is 0.885 bits per heavy atom. The zero-order chi connectivity index (χ0) is 21.5. The summed E-state index contributed by atoms with van der Waals surface area (Å²) in [7, 11) is 0. The summed E-state index contributed by atoms with van der Waals surface area (Å²) < 4.78 is 44.3. The molecule has 0 atom stereocenters. The van der Waals surface area contributed by atoms with E-state index < -0.39 is 0 Å². The normalized spacial score (nSPS) is 9.38. The first kappa shape index (κ1) is 31.9. The molecule has 0 N–H and O–H groups in total. The third-order valence-electron chi connectivity index (χ3n) is 3.31. The minimum absolute atomic E-state index is 0.919. The van der Waals surface area contributed by atoms with Crippen LogP contribution in [-0.4, -0.2) is 13.1 Å². The SMILES string of the molecule is CCN(CC)c1o[c](=[Cr])cc2c1CCCC2.[C-]#[O+].[C-]#[O+].[C-]#[O+].[C-]#[O+].[C-]#[O+]. The molecule has 8 heteroatoms. The van der Waals surface area contributed by atoms with Gasteiger partial charge in [-0.15, -0.1) is 0 Å². The van der Waals surface area contributed by atoms with Gasteiger partial charge < -0.3 is 0 Å². The molecule has 1 aliphatic carbocycles. The molecule has 0 saturated heterocycles. The van der Waals surface area contributed by atoms with Crippen molar-refractivity contribution in [2.75, 3.05) is 18.0 Å². The van der Waals surface area contributed by atoms with Crippen LogP contribution in [0.15, 0.2) is 10.5 Å². The summed E-state index contributed by atoms with van der Waals surface area (Å²) in [6.45, 7) is 28.9. The Morgan fingerprint density at radius 3 is 1.73 bits per heavy atom. The summed E-state index contributed by atoms with van der Waals surface area (Å²) in [4.78, 5) is 2.31. The van der Waals surface area contributed by atoms with Gasteiger partial charge in [0, 0.05) is 0 Å². The molecule has 138 valence electrons. The van der Waals surface area contributed by atoms with Gasteiger partial charge in [-0.05, 0) is 0 Å². The van der Waals surface area contributed by atoms with E-state index in [2.05, 4.69) is 73.9 Å². The molecule has 0 radical (unpaired) electrons. The van der Waals surface area contributed by atoms with Crippen LogP contribution in [0.4, 0.5) is 5.88 Å². The molecule has 2 rings (SSSR count). The van der Waals surface area contributed by atoms with Crippen molar-refractivity contribution in [3.05, 3.63) is 54.7 Å². The molecule has 1 heterocycles. The maximum atomic E-state index is 7.50. The Hall–Kier alpha value is -1.82. The monoisotopic (exact) mass is 397 g/mol. The Morgan fingerprint density at radius 2 is 1.31 bits per heavy atom. The van der Waals surface area contributed by atoms with E-state index in [0.717, 1.165) is 23.2 Å². The Labute approximate surface area is 161 Å². The minimum atomic E-state index is 0.919. The van der Waals surface area contributed by atoms with Gasteiger partial charge in [-0.2, -0.15) is 0 Å². The summed E-state index contributed by atoms with van der Waals surface area (Å²) in [5, 5.41) is 0. The standard InChI is InChI=1S/C13H19NO.5CO.Cr/c1-3-14(4-2)13-12-8-6-5-7-11(12)9-10-15-13;5*1-2;/h9H,3-8H2,1-2H3;;;;;;. The average Bonchev–Trinajstić information content (AvgIpc) is 2.76. The van der Waals surface area contributed by atoms with E-state index in [-0.39, 0.29) is 0 Å². The van der Waals surface area contributed by atoms with E-state index in [1.54, 1.807) is 0 Å². The number of hydrogen-bond acceptors (Lipinski definition) is 2. The molecule has 7 nitrogen and oxygen atoms in total. The Balaban J connectivity index is -0.000000210. The number of rotatable bonds is 3. The van der Waals surface area contributed by atoms with Gasteiger partial charge >= 0.3 is 162 Å². The van der Waals surface area contributed by atoms with Crippen LogP contribution in [0.3, 0.4) is 0 Å². The van der Waals surface area contributed by atoms with Crippen LogP contribution in [0.2, 0.25) is 0 Å². The summed E-state index contributed by atoms with van der Waals surface area (Å²) in [6.07, 6.45) is 4.98. The third kappa shape index (κ3) is 11.7. The van der Waals surface area contributed by atoms with Gasteiger partial charge in [0.05, 0.1) is 0 Å². The topological polar surface area (TPSA) is 116 Å². The van der Waals surface area contributed by atoms with Crippen molar-refractivity contribution in [1.82, 2.24) is 0 Å². The van der Waals surface area contributed by atoms with Gasteiger partial charge in [-0.1, -0.05) is 0 Å². The fraction of sp³-hybridized carbons (Fsp3) is 0.444. The molecule has 0 spiro atoms. The van der Waals surface area contributed by atoms with E-state index in [9.17, 15) is 0 Å². The van der Waals surface area contributed by atoms with E-state index in [1.807, 2.05) is 0 Å². The Bertz CT molecular complexity index is 588. The van der Waals surface area contributed by atoms with Crippen LogP contribution in [0, 0.1) is 37.5 Å². The van der Waals surface area contributed by atoms with E-state index in [0.29, 0.717) is 0 Å². The number of hydrogen-bond donors (Lipinski definition) is 0. The molecule has 1 aliphatic rings. The van der Waals surface area contributed by atoms with Crippen LogP contribution in [0.25, 0.3) is 0 Å². The van der Waals surface area contributed by atoms with Gasteiger partial charge in [0.1, 0.15) is 0 Å². The average molecular weight is 397 g/mol. The molecule has 0 saturated carbocycles. The number of nitrogens with zero attached hydrogens (tertiary/aromatic N) is 1. The second-order valence-electron chi connectivity index (χ2n) is 4.25. The van der Waals surface area contributed by atoms with Gasteiger partial charge in [-0.3, -0.25) is 0 Å². The third-order valence-corrected chi connectivity index (χ3v) is 3.62. The predicted octanol–water partition coefficient (Wildman–Crippen LogP) is 2.90. The fourth-order valence-corrected chi connectivity index (χ4v) is 2.77. The molecule has 0 aliphatic heterocycles. The molecule has 1 aromatic heterocycles. The number of aryl methyl sites for hydroxylation is 1. The van der Waals surface area contributed by atoms with Crippen molar-refractivity contribution in [2.45, 2.75) is 39.5 Å². The molecule has 0 bridgehead atoms. The van der Waals surface area contributed by atoms with Gasteiger partial charge in [0.15, 0.2) is 0 Å². The molecular formula is C18H19CrNO6. The summed E-state index contributed by atoms with van der Waals surface area (Å²) in [5.41, 5.74) is 2.92. The van der Waals surface area contributed by atoms with E-state index >= 15 is 0 Å². The van der Waals surface area contributed by atoms with Crippen LogP contribution in [-0.2, 0) is 52.0 Å².